The Morgan fingerprint density at radius 3 is 2.56 bits per heavy atom. The molecule has 7 heteroatoms. The molecule has 0 fully saturated rings. The van der Waals surface area contributed by atoms with Gasteiger partial charge in [-0.25, -0.2) is 10.8 Å². The van der Waals surface area contributed by atoms with Crippen LogP contribution >= 0.6 is 11.3 Å². The molecule has 1 aromatic heterocycles. The molecule has 1 heterocycles. The van der Waals surface area contributed by atoms with Crippen LogP contribution in [0.3, 0.4) is 0 Å². The maximum atomic E-state index is 10.5. The van der Waals surface area contributed by atoms with Crippen LogP contribution in [0, 0.1) is 10.1 Å². The number of aromatic nitrogens is 1. The first-order valence-electron chi connectivity index (χ1n) is 4.37. The molecule has 2 rings (SSSR count). The number of benzene rings is 1. The van der Waals surface area contributed by atoms with E-state index in [0.717, 1.165) is 11.3 Å². The standard InChI is InChI=1S/C9H8N4O2S/c10-12-9-11-8(5-16-9)6-1-3-7(4-2-6)13(14)15/h1-5H,10H2,(H,11,12). The Kier molecular flexibility index (Phi) is 2.80. The highest BCUT2D eigenvalue weighted by atomic mass is 32.1. The minimum atomic E-state index is -0.433. The molecule has 3 N–H and O–H groups in total. The van der Waals surface area contributed by atoms with Crippen molar-refractivity contribution in [1.29, 1.82) is 0 Å². The van der Waals surface area contributed by atoms with Gasteiger partial charge < -0.3 is 0 Å². The number of anilines is 1. The lowest BCUT2D eigenvalue weighted by Gasteiger charge is -1.96. The quantitative estimate of drug-likeness (QED) is 0.483. The lowest BCUT2D eigenvalue weighted by Crippen LogP contribution is -2.05. The minimum absolute atomic E-state index is 0.0659. The maximum Gasteiger partial charge on any atom is 0.269 e. The molecule has 0 unspecified atom stereocenters. The highest BCUT2D eigenvalue weighted by Crippen LogP contribution is 2.25. The number of non-ortho nitro benzene ring substituents is 1. The van der Waals surface area contributed by atoms with Crippen LogP contribution in [0.15, 0.2) is 29.6 Å². The number of rotatable bonds is 3. The second kappa shape index (κ2) is 4.25. The van der Waals surface area contributed by atoms with Crippen LogP contribution in [0.4, 0.5) is 10.8 Å². The Hall–Kier alpha value is -1.99. The molecule has 0 amide bonds. The van der Waals surface area contributed by atoms with Gasteiger partial charge >= 0.3 is 0 Å². The van der Waals surface area contributed by atoms with Crippen molar-refractivity contribution in [3.8, 4) is 11.3 Å². The average molecular weight is 236 g/mol. The van der Waals surface area contributed by atoms with Gasteiger partial charge in [-0.05, 0) is 12.1 Å². The maximum absolute atomic E-state index is 10.5. The number of nitro groups is 1. The fourth-order valence-corrected chi connectivity index (χ4v) is 1.86. The fourth-order valence-electron chi connectivity index (χ4n) is 1.23. The monoisotopic (exact) mass is 236 g/mol. The van der Waals surface area contributed by atoms with Crippen LogP contribution in [-0.4, -0.2) is 9.91 Å². The molecular formula is C9H8N4O2S. The smallest absolute Gasteiger partial charge is 0.269 e. The zero-order valence-corrected chi connectivity index (χ0v) is 8.90. The number of nitrogen functional groups attached to an aromatic ring is 1. The van der Waals surface area contributed by atoms with E-state index in [2.05, 4.69) is 10.4 Å². The van der Waals surface area contributed by atoms with Gasteiger partial charge in [0.2, 0.25) is 0 Å². The van der Waals surface area contributed by atoms with Crippen molar-refractivity contribution in [3.63, 3.8) is 0 Å². The third-order valence-electron chi connectivity index (χ3n) is 2.00. The van der Waals surface area contributed by atoms with Gasteiger partial charge in [0.15, 0.2) is 5.13 Å². The number of nitrogens with zero attached hydrogens (tertiary/aromatic N) is 2. The van der Waals surface area contributed by atoms with Crippen molar-refractivity contribution in [1.82, 2.24) is 4.98 Å². The summed E-state index contributed by atoms with van der Waals surface area (Å²) in [6, 6.07) is 6.22. The Labute approximate surface area is 94.9 Å². The summed E-state index contributed by atoms with van der Waals surface area (Å²) in [6.07, 6.45) is 0. The van der Waals surface area contributed by atoms with Crippen LogP contribution in [0.5, 0.6) is 0 Å². The van der Waals surface area contributed by atoms with E-state index in [0.29, 0.717) is 5.13 Å². The van der Waals surface area contributed by atoms with Crippen molar-refractivity contribution in [3.05, 3.63) is 39.8 Å². The number of nitrogens with two attached hydrogens (primary N) is 1. The van der Waals surface area contributed by atoms with Gasteiger partial charge in [-0.1, -0.05) is 0 Å². The number of hydrogen-bond acceptors (Lipinski definition) is 6. The summed E-state index contributed by atoms with van der Waals surface area (Å²) in [5.41, 5.74) is 4.08. The van der Waals surface area contributed by atoms with Gasteiger partial charge in [-0.2, -0.15) is 0 Å². The molecule has 0 aliphatic carbocycles. The molecule has 2 aromatic rings. The Bertz CT molecular complexity index is 508. The molecule has 0 bridgehead atoms. The number of hydrogen-bond donors (Lipinski definition) is 2. The molecule has 0 spiro atoms. The van der Waals surface area contributed by atoms with Crippen molar-refractivity contribution in [2.45, 2.75) is 0 Å². The molecule has 82 valence electrons. The molecule has 16 heavy (non-hydrogen) atoms. The van der Waals surface area contributed by atoms with Crippen LogP contribution in [0.1, 0.15) is 0 Å². The van der Waals surface area contributed by atoms with Crippen molar-refractivity contribution in [2.24, 2.45) is 5.84 Å². The molecule has 0 saturated heterocycles. The Morgan fingerprint density at radius 1 is 1.38 bits per heavy atom. The lowest BCUT2D eigenvalue weighted by molar-refractivity contribution is -0.384. The van der Waals surface area contributed by atoms with Gasteiger partial charge in [0.05, 0.1) is 10.6 Å². The van der Waals surface area contributed by atoms with Crippen molar-refractivity contribution in [2.75, 3.05) is 5.43 Å². The van der Waals surface area contributed by atoms with E-state index >= 15 is 0 Å². The molecule has 0 atom stereocenters. The lowest BCUT2D eigenvalue weighted by atomic mass is 10.1. The molecular weight excluding hydrogens is 228 g/mol. The minimum Gasteiger partial charge on any atom is -0.300 e. The zero-order chi connectivity index (χ0) is 11.5. The largest absolute Gasteiger partial charge is 0.300 e. The first-order valence-corrected chi connectivity index (χ1v) is 5.25. The van der Waals surface area contributed by atoms with Crippen LogP contribution in [0.25, 0.3) is 11.3 Å². The van der Waals surface area contributed by atoms with Crippen molar-refractivity contribution < 1.29 is 4.92 Å². The highest BCUT2D eigenvalue weighted by Gasteiger charge is 2.07. The third kappa shape index (κ3) is 2.00. The fraction of sp³-hybridized carbons (Fsp3) is 0. The van der Waals surface area contributed by atoms with Gasteiger partial charge in [-0.3, -0.25) is 15.5 Å². The summed E-state index contributed by atoms with van der Waals surface area (Å²) in [4.78, 5) is 14.2. The Morgan fingerprint density at radius 2 is 2.06 bits per heavy atom. The van der Waals surface area contributed by atoms with Crippen LogP contribution in [0.2, 0.25) is 0 Å². The number of nitro benzene ring substituents is 1. The number of hydrazine groups is 1. The average Bonchev–Trinajstić information content (AvgIpc) is 2.77. The second-order valence-electron chi connectivity index (χ2n) is 2.99. The van der Waals surface area contributed by atoms with E-state index in [4.69, 9.17) is 5.84 Å². The molecule has 1 aromatic carbocycles. The first kappa shape index (κ1) is 10.5. The topological polar surface area (TPSA) is 94.1 Å². The molecule has 0 aliphatic rings. The SMILES string of the molecule is NNc1nc(-c2ccc([N+](=O)[O-])cc2)cs1. The molecule has 6 nitrogen and oxygen atoms in total. The predicted octanol–water partition coefficient (Wildman–Crippen LogP) is 2.00. The summed E-state index contributed by atoms with van der Waals surface area (Å²) in [5, 5.41) is 12.9. The van der Waals surface area contributed by atoms with Gasteiger partial charge in [0.1, 0.15) is 0 Å². The third-order valence-corrected chi connectivity index (χ3v) is 2.78. The van der Waals surface area contributed by atoms with Crippen molar-refractivity contribution >= 4 is 22.2 Å². The van der Waals surface area contributed by atoms with E-state index < -0.39 is 4.92 Å². The second-order valence-corrected chi connectivity index (χ2v) is 3.84. The molecule has 0 saturated carbocycles. The molecule has 0 radical (unpaired) electrons. The summed E-state index contributed by atoms with van der Waals surface area (Å²) in [5.74, 6) is 5.21. The highest BCUT2D eigenvalue weighted by molar-refractivity contribution is 7.14. The normalized spacial score (nSPS) is 10.1. The zero-order valence-electron chi connectivity index (χ0n) is 8.08. The summed E-state index contributed by atoms with van der Waals surface area (Å²) >= 11 is 1.37. The van der Waals surface area contributed by atoms with E-state index in [-0.39, 0.29) is 5.69 Å². The molecule has 0 aliphatic heterocycles. The van der Waals surface area contributed by atoms with E-state index in [1.54, 1.807) is 12.1 Å². The van der Waals surface area contributed by atoms with Gasteiger partial charge in [-0.15, -0.1) is 11.3 Å². The van der Waals surface area contributed by atoms with Gasteiger partial charge in [0, 0.05) is 23.1 Å². The van der Waals surface area contributed by atoms with Gasteiger partial charge in [0.25, 0.3) is 5.69 Å². The first-order chi connectivity index (χ1) is 7.70. The van der Waals surface area contributed by atoms with E-state index in [1.807, 2.05) is 5.38 Å². The Balaban J connectivity index is 2.30. The summed E-state index contributed by atoms with van der Waals surface area (Å²) in [7, 11) is 0. The number of thiazole rings is 1. The summed E-state index contributed by atoms with van der Waals surface area (Å²) < 4.78 is 0. The summed E-state index contributed by atoms with van der Waals surface area (Å²) in [6.45, 7) is 0. The van der Waals surface area contributed by atoms with E-state index in [1.165, 1.54) is 23.5 Å². The number of nitrogens with one attached hydrogen (secondary N) is 1. The predicted molar refractivity (Wildman–Crippen MR) is 62.0 cm³/mol. The van der Waals surface area contributed by atoms with E-state index in [9.17, 15) is 10.1 Å². The van der Waals surface area contributed by atoms with Crippen LogP contribution < -0.4 is 11.3 Å². The van der Waals surface area contributed by atoms with Crippen LogP contribution in [-0.2, 0) is 0 Å².